The highest BCUT2D eigenvalue weighted by Crippen LogP contribution is 2.13. The average Bonchev–Trinajstić information content (AvgIpc) is 2.34. The Kier molecular flexibility index (Phi) is 3.14. The SMILES string of the molecule is COc1cccc(Cn2ccc(=O)c(N)c2)c1. The van der Waals surface area contributed by atoms with Crippen LogP contribution >= 0.6 is 0 Å². The molecule has 4 heteroatoms. The van der Waals surface area contributed by atoms with Crippen molar-refractivity contribution in [2.45, 2.75) is 6.54 Å². The molecule has 0 atom stereocenters. The van der Waals surface area contributed by atoms with Crippen LogP contribution < -0.4 is 15.9 Å². The third-order valence-corrected chi connectivity index (χ3v) is 2.51. The van der Waals surface area contributed by atoms with E-state index in [1.807, 2.05) is 28.8 Å². The van der Waals surface area contributed by atoms with Gasteiger partial charge >= 0.3 is 0 Å². The van der Waals surface area contributed by atoms with Gasteiger partial charge in [-0.15, -0.1) is 0 Å². The summed E-state index contributed by atoms with van der Waals surface area (Å²) in [6, 6.07) is 9.24. The lowest BCUT2D eigenvalue weighted by Gasteiger charge is -2.08. The van der Waals surface area contributed by atoms with E-state index in [0.717, 1.165) is 11.3 Å². The first kappa shape index (κ1) is 11.3. The van der Waals surface area contributed by atoms with E-state index in [1.54, 1.807) is 19.5 Å². The van der Waals surface area contributed by atoms with Gasteiger partial charge in [0.1, 0.15) is 5.75 Å². The molecule has 0 saturated heterocycles. The molecule has 0 saturated carbocycles. The van der Waals surface area contributed by atoms with Crippen LogP contribution in [0.25, 0.3) is 0 Å². The number of aromatic nitrogens is 1. The first-order valence-electron chi connectivity index (χ1n) is 5.27. The average molecular weight is 230 g/mol. The number of nitrogens with zero attached hydrogens (tertiary/aromatic N) is 1. The van der Waals surface area contributed by atoms with Gasteiger partial charge in [0, 0.05) is 25.0 Å². The van der Waals surface area contributed by atoms with Gasteiger partial charge < -0.3 is 15.0 Å². The lowest BCUT2D eigenvalue weighted by molar-refractivity contribution is 0.414. The van der Waals surface area contributed by atoms with E-state index < -0.39 is 0 Å². The van der Waals surface area contributed by atoms with E-state index in [2.05, 4.69) is 0 Å². The molecule has 17 heavy (non-hydrogen) atoms. The van der Waals surface area contributed by atoms with Crippen LogP contribution in [0.4, 0.5) is 5.69 Å². The molecule has 2 N–H and O–H groups in total. The van der Waals surface area contributed by atoms with Crippen molar-refractivity contribution in [1.29, 1.82) is 0 Å². The number of hydrogen-bond acceptors (Lipinski definition) is 3. The van der Waals surface area contributed by atoms with Crippen molar-refractivity contribution in [1.82, 2.24) is 4.57 Å². The summed E-state index contributed by atoms with van der Waals surface area (Å²) < 4.78 is 7.02. The minimum atomic E-state index is -0.146. The Hall–Kier alpha value is -2.23. The maximum atomic E-state index is 11.2. The Morgan fingerprint density at radius 3 is 2.88 bits per heavy atom. The fourth-order valence-electron chi connectivity index (χ4n) is 1.62. The van der Waals surface area contributed by atoms with Crippen LogP contribution in [-0.2, 0) is 6.54 Å². The molecule has 0 fully saturated rings. The molecule has 2 rings (SSSR count). The van der Waals surface area contributed by atoms with Crippen LogP contribution in [0.1, 0.15) is 5.56 Å². The van der Waals surface area contributed by atoms with Gasteiger partial charge in [0.2, 0.25) is 5.43 Å². The minimum Gasteiger partial charge on any atom is -0.497 e. The zero-order valence-corrected chi connectivity index (χ0v) is 9.59. The highest BCUT2D eigenvalue weighted by atomic mass is 16.5. The van der Waals surface area contributed by atoms with E-state index in [-0.39, 0.29) is 11.1 Å². The van der Waals surface area contributed by atoms with Crippen molar-refractivity contribution in [3.8, 4) is 5.75 Å². The van der Waals surface area contributed by atoms with E-state index in [4.69, 9.17) is 10.5 Å². The summed E-state index contributed by atoms with van der Waals surface area (Å²) in [6.45, 7) is 0.654. The molecule has 2 aromatic rings. The zero-order chi connectivity index (χ0) is 12.3. The van der Waals surface area contributed by atoms with E-state index >= 15 is 0 Å². The number of anilines is 1. The molecule has 4 nitrogen and oxygen atoms in total. The van der Waals surface area contributed by atoms with Gasteiger partial charge in [-0.25, -0.2) is 0 Å². The highest BCUT2D eigenvalue weighted by Gasteiger charge is 1.98. The first-order valence-corrected chi connectivity index (χ1v) is 5.27. The monoisotopic (exact) mass is 230 g/mol. The third kappa shape index (κ3) is 2.66. The van der Waals surface area contributed by atoms with Gasteiger partial charge in [-0.3, -0.25) is 4.79 Å². The number of nitrogens with two attached hydrogens (primary N) is 1. The summed E-state index contributed by atoms with van der Waals surface area (Å²) in [5.74, 6) is 0.816. The Bertz CT molecular complexity index is 576. The number of benzene rings is 1. The normalized spacial score (nSPS) is 10.2. The number of rotatable bonds is 3. The van der Waals surface area contributed by atoms with Crippen molar-refractivity contribution in [2.75, 3.05) is 12.8 Å². The highest BCUT2D eigenvalue weighted by molar-refractivity contribution is 5.34. The quantitative estimate of drug-likeness (QED) is 0.869. The molecule has 0 spiro atoms. The number of pyridine rings is 1. The van der Waals surface area contributed by atoms with Crippen LogP contribution in [0.15, 0.2) is 47.5 Å². The van der Waals surface area contributed by atoms with Crippen LogP contribution in [0.5, 0.6) is 5.75 Å². The lowest BCUT2D eigenvalue weighted by atomic mass is 10.2. The number of ether oxygens (including phenoxy) is 1. The smallest absolute Gasteiger partial charge is 0.204 e. The van der Waals surface area contributed by atoms with Crippen LogP contribution in [0.2, 0.25) is 0 Å². The second kappa shape index (κ2) is 4.74. The summed E-state index contributed by atoms with van der Waals surface area (Å²) in [7, 11) is 1.64. The molecule has 0 aliphatic heterocycles. The second-order valence-electron chi connectivity index (χ2n) is 3.79. The topological polar surface area (TPSA) is 57.2 Å². The fourth-order valence-corrected chi connectivity index (χ4v) is 1.62. The Morgan fingerprint density at radius 2 is 2.18 bits per heavy atom. The standard InChI is InChI=1S/C13H14N2O2/c1-17-11-4-2-3-10(7-11)8-15-6-5-13(16)12(14)9-15/h2-7,9H,8,14H2,1H3. The molecule has 88 valence electrons. The van der Waals surface area contributed by atoms with Gasteiger partial charge in [0.05, 0.1) is 12.8 Å². The summed E-state index contributed by atoms with van der Waals surface area (Å²) in [4.78, 5) is 11.2. The molecular weight excluding hydrogens is 216 g/mol. The Labute approximate surface area is 99.3 Å². The van der Waals surface area contributed by atoms with E-state index in [1.165, 1.54) is 6.07 Å². The molecule has 1 heterocycles. The molecule has 0 bridgehead atoms. The molecule has 1 aromatic heterocycles. The fraction of sp³-hybridized carbons (Fsp3) is 0.154. The summed E-state index contributed by atoms with van der Waals surface area (Å²) in [6.07, 6.45) is 3.36. The van der Waals surface area contributed by atoms with Gasteiger partial charge in [0.25, 0.3) is 0 Å². The summed E-state index contributed by atoms with van der Waals surface area (Å²) >= 11 is 0. The van der Waals surface area contributed by atoms with Crippen molar-refractivity contribution in [2.24, 2.45) is 0 Å². The van der Waals surface area contributed by atoms with Gasteiger partial charge in [-0.05, 0) is 17.7 Å². The molecule has 0 aliphatic carbocycles. The number of nitrogen functional groups attached to an aromatic ring is 1. The summed E-state index contributed by atoms with van der Waals surface area (Å²) in [5, 5.41) is 0. The van der Waals surface area contributed by atoms with Crippen molar-refractivity contribution >= 4 is 5.69 Å². The third-order valence-electron chi connectivity index (χ3n) is 2.51. The maximum absolute atomic E-state index is 11.2. The van der Waals surface area contributed by atoms with Gasteiger partial charge in [-0.2, -0.15) is 0 Å². The maximum Gasteiger partial charge on any atom is 0.204 e. The van der Waals surface area contributed by atoms with Crippen LogP contribution in [-0.4, -0.2) is 11.7 Å². The van der Waals surface area contributed by atoms with Crippen LogP contribution in [0, 0.1) is 0 Å². The first-order chi connectivity index (χ1) is 8.19. The van der Waals surface area contributed by atoms with Gasteiger partial charge in [0.15, 0.2) is 0 Å². The predicted octanol–water partition coefficient (Wildman–Crippen LogP) is 1.49. The molecule has 0 radical (unpaired) electrons. The van der Waals surface area contributed by atoms with Crippen LogP contribution in [0.3, 0.4) is 0 Å². The Morgan fingerprint density at radius 1 is 1.35 bits per heavy atom. The summed E-state index contributed by atoms with van der Waals surface area (Å²) in [5.41, 5.74) is 6.78. The van der Waals surface area contributed by atoms with Crippen molar-refractivity contribution in [3.05, 3.63) is 58.5 Å². The number of methoxy groups -OCH3 is 1. The number of hydrogen-bond donors (Lipinski definition) is 1. The van der Waals surface area contributed by atoms with E-state index in [0.29, 0.717) is 6.54 Å². The molecule has 0 aliphatic rings. The van der Waals surface area contributed by atoms with Gasteiger partial charge in [-0.1, -0.05) is 12.1 Å². The van der Waals surface area contributed by atoms with Crippen molar-refractivity contribution < 1.29 is 4.74 Å². The molecule has 0 unspecified atom stereocenters. The largest absolute Gasteiger partial charge is 0.497 e. The minimum absolute atomic E-state index is 0.146. The second-order valence-corrected chi connectivity index (χ2v) is 3.79. The Balaban J connectivity index is 2.25. The predicted molar refractivity (Wildman–Crippen MR) is 67.2 cm³/mol. The van der Waals surface area contributed by atoms with E-state index in [9.17, 15) is 4.79 Å². The zero-order valence-electron chi connectivity index (χ0n) is 9.59. The lowest BCUT2D eigenvalue weighted by Crippen LogP contribution is -2.11. The molecule has 0 amide bonds. The molecule has 1 aromatic carbocycles. The molecular formula is C13H14N2O2. The van der Waals surface area contributed by atoms with Crippen molar-refractivity contribution in [3.63, 3.8) is 0 Å².